The summed E-state index contributed by atoms with van der Waals surface area (Å²) in [5, 5.41) is 0. The van der Waals surface area contributed by atoms with Gasteiger partial charge in [-0.25, -0.2) is 12.6 Å². The predicted molar refractivity (Wildman–Crippen MR) is 93.2 cm³/mol. The minimum Gasteiger partial charge on any atom is -0.282 e. The van der Waals surface area contributed by atoms with E-state index in [9.17, 15) is 25.3 Å². The van der Waals surface area contributed by atoms with Crippen LogP contribution in [0.4, 0.5) is 0 Å². The molecule has 0 aliphatic carbocycles. The standard InChI is InChI=1S/C9H12O9S3.2C2H6/c1-7-2-3-8(6-9(7)20(12,13)14)19(10,11)5-4-18-21(15,16)17;2*1-2/h2-3,6H,4-5H2,1H3,(H,12,13,14)(H,15,16,17);2*1-2H3. The third kappa shape index (κ3) is 9.87. The van der Waals surface area contributed by atoms with Crippen LogP contribution in [0.15, 0.2) is 28.0 Å². The smallest absolute Gasteiger partial charge is 0.282 e. The van der Waals surface area contributed by atoms with Crippen molar-refractivity contribution in [3.8, 4) is 0 Å². The molecule has 0 saturated carbocycles. The summed E-state index contributed by atoms with van der Waals surface area (Å²) < 4.78 is 87.8. The normalized spacial score (nSPS) is 11.6. The average Bonchev–Trinajstić information content (AvgIpc) is 2.48. The van der Waals surface area contributed by atoms with E-state index < -0.39 is 52.5 Å². The largest absolute Gasteiger partial charge is 0.397 e. The number of rotatable bonds is 6. The zero-order valence-corrected chi connectivity index (χ0v) is 17.1. The van der Waals surface area contributed by atoms with Gasteiger partial charge in [-0.2, -0.15) is 16.8 Å². The van der Waals surface area contributed by atoms with Gasteiger partial charge in [-0.1, -0.05) is 33.8 Å². The molecule has 0 radical (unpaired) electrons. The first-order chi connectivity index (χ1) is 11.3. The Labute approximate surface area is 149 Å². The van der Waals surface area contributed by atoms with Crippen molar-refractivity contribution in [2.24, 2.45) is 0 Å². The Morgan fingerprint density at radius 2 is 1.40 bits per heavy atom. The Morgan fingerprint density at radius 1 is 0.920 bits per heavy atom. The monoisotopic (exact) mass is 420 g/mol. The van der Waals surface area contributed by atoms with Gasteiger partial charge in [-0.05, 0) is 24.6 Å². The van der Waals surface area contributed by atoms with Crippen LogP contribution in [-0.4, -0.2) is 46.7 Å². The highest BCUT2D eigenvalue weighted by atomic mass is 32.3. The summed E-state index contributed by atoms with van der Waals surface area (Å²) in [6.45, 7) is 8.52. The Hall–Kier alpha value is -1.05. The Bertz CT molecular complexity index is 839. The summed E-state index contributed by atoms with van der Waals surface area (Å²) in [6, 6.07) is 3.04. The van der Waals surface area contributed by atoms with Crippen LogP contribution in [0, 0.1) is 6.92 Å². The molecule has 0 fully saturated rings. The van der Waals surface area contributed by atoms with E-state index in [1.54, 1.807) is 0 Å². The van der Waals surface area contributed by atoms with Gasteiger partial charge in [0.1, 0.15) is 0 Å². The molecule has 148 valence electrons. The summed E-state index contributed by atoms with van der Waals surface area (Å²) in [7, 11) is -13.4. The van der Waals surface area contributed by atoms with Gasteiger partial charge < -0.3 is 0 Å². The lowest BCUT2D eigenvalue weighted by atomic mass is 10.2. The van der Waals surface area contributed by atoms with Gasteiger partial charge in [-0.15, -0.1) is 0 Å². The fourth-order valence-corrected chi connectivity index (χ4v) is 3.75. The van der Waals surface area contributed by atoms with Crippen LogP contribution in [0.25, 0.3) is 0 Å². The molecule has 1 aromatic carbocycles. The van der Waals surface area contributed by atoms with E-state index in [-0.39, 0.29) is 5.56 Å². The van der Waals surface area contributed by atoms with Crippen LogP contribution in [0.2, 0.25) is 0 Å². The Morgan fingerprint density at radius 3 is 1.80 bits per heavy atom. The summed E-state index contributed by atoms with van der Waals surface area (Å²) >= 11 is 0. The molecular formula is C13H24O9S3. The maximum Gasteiger partial charge on any atom is 0.397 e. The third-order valence-corrected chi connectivity index (χ3v) is 5.52. The fourth-order valence-electron chi connectivity index (χ4n) is 1.42. The number of hydrogen-bond acceptors (Lipinski definition) is 7. The molecule has 0 aliphatic heterocycles. The molecule has 0 amide bonds. The molecule has 9 nitrogen and oxygen atoms in total. The van der Waals surface area contributed by atoms with E-state index in [0.29, 0.717) is 0 Å². The van der Waals surface area contributed by atoms with Crippen molar-refractivity contribution in [1.29, 1.82) is 0 Å². The second kappa shape index (κ2) is 10.8. The van der Waals surface area contributed by atoms with Gasteiger partial charge in [0.05, 0.1) is 22.2 Å². The quantitative estimate of drug-likeness (QED) is 0.657. The number of hydrogen-bond donors (Lipinski definition) is 2. The Kier molecular flexibility index (Phi) is 11.3. The molecule has 0 atom stereocenters. The van der Waals surface area contributed by atoms with Crippen molar-refractivity contribution in [2.75, 3.05) is 12.4 Å². The van der Waals surface area contributed by atoms with Crippen LogP contribution in [0.1, 0.15) is 33.3 Å². The second-order valence-corrected chi connectivity index (χ2v) is 8.56. The van der Waals surface area contributed by atoms with E-state index in [1.165, 1.54) is 13.0 Å². The SMILES string of the molecule is CC.CC.Cc1ccc(S(=O)(=O)CCOS(=O)(=O)O)cc1S(=O)(=O)O. The summed E-state index contributed by atoms with van der Waals surface area (Å²) in [4.78, 5) is -1.00. The van der Waals surface area contributed by atoms with Crippen molar-refractivity contribution in [1.82, 2.24) is 0 Å². The number of sulfone groups is 1. The zero-order chi connectivity index (χ0) is 20.5. The molecule has 0 spiro atoms. The van der Waals surface area contributed by atoms with E-state index in [2.05, 4.69) is 4.18 Å². The first kappa shape index (κ1) is 26.2. The molecule has 0 unspecified atom stereocenters. The molecule has 1 aromatic rings. The van der Waals surface area contributed by atoms with Crippen molar-refractivity contribution in [3.63, 3.8) is 0 Å². The second-order valence-electron chi connectivity index (χ2n) is 3.97. The lowest BCUT2D eigenvalue weighted by molar-refractivity contribution is 0.284. The molecule has 12 heteroatoms. The lowest BCUT2D eigenvalue weighted by Gasteiger charge is -2.07. The van der Waals surface area contributed by atoms with E-state index in [4.69, 9.17) is 9.11 Å². The molecular weight excluding hydrogens is 396 g/mol. The van der Waals surface area contributed by atoms with Crippen molar-refractivity contribution in [3.05, 3.63) is 23.8 Å². The summed E-state index contributed by atoms with van der Waals surface area (Å²) in [5.41, 5.74) is 0.144. The van der Waals surface area contributed by atoms with Gasteiger partial charge >= 0.3 is 10.4 Å². The minimum atomic E-state index is -4.77. The van der Waals surface area contributed by atoms with E-state index in [0.717, 1.165) is 12.1 Å². The van der Waals surface area contributed by atoms with Crippen LogP contribution in [0.5, 0.6) is 0 Å². The molecule has 25 heavy (non-hydrogen) atoms. The van der Waals surface area contributed by atoms with Crippen LogP contribution in [-0.2, 0) is 34.5 Å². The Balaban J connectivity index is 0. The van der Waals surface area contributed by atoms with Crippen LogP contribution < -0.4 is 0 Å². The average molecular weight is 421 g/mol. The highest BCUT2D eigenvalue weighted by Crippen LogP contribution is 2.20. The van der Waals surface area contributed by atoms with Gasteiger partial charge in [0, 0.05) is 0 Å². The highest BCUT2D eigenvalue weighted by molar-refractivity contribution is 7.91. The van der Waals surface area contributed by atoms with Crippen molar-refractivity contribution < 1.29 is 38.5 Å². The van der Waals surface area contributed by atoms with Gasteiger partial charge in [0.2, 0.25) is 0 Å². The van der Waals surface area contributed by atoms with Gasteiger partial charge in [-0.3, -0.25) is 9.11 Å². The minimum absolute atomic E-state index is 0.144. The molecule has 0 bridgehead atoms. The maximum absolute atomic E-state index is 11.9. The van der Waals surface area contributed by atoms with Crippen molar-refractivity contribution >= 4 is 30.4 Å². The zero-order valence-electron chi connectivity index (χ0n) is 14.6. The number of aryl methyl sites for hydroxylation is 1. The first-order valence-electron chi connectivity index (χ1n) is 7.26. The fraction of sp³-hybridized carbons (Fsp3) is 0.538. The predicted octanol–water partition coefficient (Wildman–Crippen LogP) is 1.89. The topological polar surface area (TPSA) is 152 Å². The first-order valence-corrected chi connectivity index (χ1v) is 11.7. The van der Waals surface area contributed by atoms with E-state index >= 15 is 0 Å². The molecule has 0 heterocycles. The maximum atomic E-state index is 11.9. The summed E-state index contributed by atoms with van der Waals surface area (Å²) in [6.07, 6.45) is 0. The van der Waals surface area contributed by atoms with Gasteiger partial charge in [0.15, 0.2) is 9.84 Å². The molecule has 0 aromatic heterocycles. The molecule has 0 saturated heterocycles. The number of benzene rings is 1. The third-order valence-electron chi connectivity index (χ3n) is 2.38. The highest BCUT2D eigenvalue weighted by Gasteiger charge is 2.21. The van der Waals surface area contributed by atoms with E-state index in [1.807, 2.05) is 27.7 Å². The van der Waals surface area contributed by atoms with Crippen LogP contribution in [0.3, 0.4) is 0 Å². The molecule has 1 rings (SSSR count). The molecule has 2 N–H and O–H groups in total. The summed E-state index contributed by atoms with van der Waals surface area (Å²) in [5.74, 6) is -0.805. The molecule has 0 aliphatic rings. The van der Waals surface area contributed by atoms with Crippen molar-refractivity contribution in [2.45, 2.75) is 44.4 Å². The lowest BCUT2D eigenvalue weighted by Crippen LogP contribution is -2.16. The van der Waals surface area contributed by atoms with Gasteiger partial charge in [0.25, 0.3) is 10.1 Å². The van der Waals surface area contributed by atoms with Crippen LogP contribution >= 0.6 is 0 Å².